The maximum absolute atomic E-state index is 12.4. The summed E-state index contributed by atoms with van der Waals surface area (Å²) in [5.41, 5.74) is -0.731. The molecular weight excluding hydrogens is 374 g/mol. The topological polar surface area (TPSA) is 9.23 Å². The van der Waals surface area contributed by atoms with Crippen molar-refractivity contribution in [2.24, 2.45) is 0 Å². The van der Waals surface area contributed by atoms with E-state index >= 15 is 0 Å². The minimum absolute atomic E-state index is 0. The molecule has 0 fully saturated rings. The van der Waals surface area contributed by atoms with Crippen LogP contribution in [0.25, 0.3) is 0 Å². The molecule has 0 aliphatic rings. The van der Waals surface area contributed by atoms with Crippen molar-refractivity contribution in [1.82, 2.24) is 0 Å². The molecule has 1 nitrogen and oxygen atoms in total. The van der Waals surface area contributed by atoms with E-state index in [0.717, 1.165) is 12.1 Å². The van der Waals surface area contributed by atoms with E-state index in [-0.39, 0.29) is 42.2 Å². The normalized spacial score (nSPS) is 10.1. The van der Waals surface area contributed by atoms with Crippen LogP contribution < -0.4 is 21.7 Å². The average Bonchev–Trinajstić information content (AvgIpc) is 2.29. The summed E-state index contributed by atoms with van der Waals surface area (Å²) in [6, 6.07) is 14.2. The zero-order valence-electron chi connectivity index (χ0n) is 9.75. The third-order valence-corrected chi connectivity index (χ3v) is 2.07. The van der Waals surface area contributed by atoms with Crippen molar-refractivity contribution in [3.05, 3.63) is 60.2 Å². The van der Waals surface area contributed by atoms with Gasteiger partial charge in [-0.25, -0.2) is 0 Å². The fraction of sp³-hybridized carbons (Fsp3) is 0.0769. The Balaban J connectivity index is 0.00000162. The monoisotopic (exact) mass is 380 g/mol. The second kappa shape index (κ2) is 7.66. The summed E-state index contributed by atoms with van der Waals surface area (Å²) in [5.74, 6) is 0.522. The Bertz CT molecular complexity index is 503. The minimum Gasteiger partial charge on any atom is -1.00 e. The molecule has 0 saturated carbocycles. The third kappa shape index (κ3) is 5.33. The van der Waals surface area contributed by atoms with E-state index in [2.05, 4.69) is 6.07 Å². The van der Waals surface area contributed by atoms with Crippen molar-refractivity contribution in [1.29, 1.82) is 0 Å². The van der Waals surface area contributed by atoms with Gasteiger partial charge in [0, 0.05) is 25.5 Å². The van der Waals surface area contributed by atoms with Gasteiger partial charge < -0.3 is 21.7 Å². The van der Waals surface area contributed by atoms with Crippen molar-refractivity contribution in [3.8, 4) is 11.5 Å². The SMILES string of the molecule is FC(F)(F)c1cccc(Oc2[c]cccc2)c1.[Br-].[Zn]. The smallest absolute Gasteiger partial charge is 0.416 e. The molecule has 0 unspecified atom stereocenters. The average molecular weight is 382 g/mol. The number of hydrogen-bond donors (Lipinski definition) is 0. The van der Waals surface area contributed by atoms with Crippen LogP contribution in [0.1, 0.15) is 5.56 Å². The number of para-hydroxylation sites is 1. The van der Waals surface area contributed by atoms with Gasteiger partial charge in [-0.15, -0.1) is 0 Å². The first-order chi connectivity index (χ1) is 8.05. The fourth-order valence-electron chi connectivity index (χ4n) is 1.30. The molecule has 0 aliphatic heterocycles. The quantitative estimate of drug-likeness (QED) is 0.712. The molecule has 0 N–H and O–H groups in total. The Morgan fingerprint density at radius 3 is 2.32 bits per heavy atom. The molecule has 0 spiro atoms. The van der Waals surface area contributed by atoms with Gasteiger partial charge in [0.2, 0.25) is 0 Å². The second-order valence-corrected chi connectivity index (χ2v) is 3.35. The number of ether oxygens (including phenoxy) is 1. The van der Waals surface area contributed by atoms with E-state index in [9.17, 15) is 13.2 Å². The van der Waals surface area contributed by atoms with Crippen LogP contribution in [0, 0.1) is 6.07 Å². The molecule has 2 aromatic carbocycles. The number of benzene rings is 2. The number of rotatable bonds is 2. The summed E-state index contributed by atoms with van der Waals surface area (Å²) >= 11 is 0. The van der Waals surface area contributed by atoms with Gasteiger partial charge in [0.05, 0.1) is 5.56 Å². The first-order valence-electron chi connectivity index (χ1n) is 4.87. The number of alkyl halides is 3. The van der Waals surface area contributed by atoms with Gasteiger partial charge >= 0.3 is 6.18 Å². The van der Waals surface area contributed by atoms with E-state index < -0.39 is 11.7 Å². The summed E-state index contributed by atoms with van der Waals surface area (Å²) in [6.45, 7) is 0. The first kappa shape index (κ1) is 18.1. The van der Waals surface area contributed by atoms with Crippen LogP contribution in [0.4, 0.5) is 13.2 Å². The molecule has 0 aromatic heterocycles. The van der Waals surface area contributed by atoms with Crippen LogP contribution in [-0.4, -0.2) is 0 Å². The molecule has 0 amide bonds. The van der Waals surface area contributed by atoms with Gasteiger partial charge in [-0.05, 0) is 24.3 Å². The predicted octanol–water partition coefficient (Wildman–Crippen LogP) is 1.30. The molecule has 0 aliphatic carbocycles. The molecule has 6 heteroatoms. The maximum atomic E-state index is 12.4. The fourth-order valence-corrected chi connectivity index (χ4v) is 1.30. The third-order valence-electron chi connectivity index (χ3n) is 2.07. The van der Waals surface area contributed by atoms with Crippen LogP contribution in [0.5, 0.6) is 11.5 Å². The van der Waals surface area contributed by atoms with Gasteiger partial charge in [0.25, 0.3) is 0 Å². The van der Waals surface area contributed by atoms with Gasteiger partial charge in [0.15, 0.2) is 0 Å². The van der Waals surface area contributed by atoms with Crippen LogP contribution in [0.15, 0.2) is 48.5 Å². The standard InChI is InChI=1S/C13H8F3O.BrH.Zn/c14-13(15,16)10-5-4-8-12(9-10)17-11-6-2-1-3-7-11;;/h1-6,8-9H;1H;/p-1. The van der Waals surface area contributed by atoms with Gasteiger partial charge in [-0.2, -0.15) is 13.2 Å². The summed E-state index contributed by atoms with van der Waals surface area (Å²) in [4.78, 5) is 0. The van der Waals surface area contributed by atoms with Crippen LogP contribution >= 0.6 is 0 Å². The molecule has 2 aromatic rings. The van der Waals surface area contributed by atoms with Crippen LogP contribution in [-0.2, 0) is 25.7 Å². The number of hydrogen-bond acceptors (Lipinski definition) is 1. The molecular formula is C13H8BrF3OZn-. The summed E-state index contributed by atoms with van der Waals surface area (Å²) in [7, 11) is 0. The Labute approximate surface area is 132 Å². The van der Waals surface area contributed by atoms with E-state index in [1.54, 1.807) is 24.3 Å². The van der Waals surface area contributed by atoms with Crippen molar-refractivity contribution >= 4 is 0 Å². The van der Waals surface area contributed by atoms with Gasteiger partial charge in [-0.3, -0.25) is 0 Å². The molecule has 2 rings (SSSR count). The van der Waals surface area contributed by atoms with E-state index in [0.29, 0.717) is 5.75 Å². The van der Waals surface area contributed by atoms with Crippen LogP contribution in [0.2, 0.25) is 0 Å². The molecule has 0 bridgehead atoms. The minimum atomic E-state index is -4.36. The van der Waals surface area contributed by atoms with E-state index in [4.69, 9.17) is 4.74 Å². The largest absolute Gasteiger partial charge is 1.00 e. The zero-order valence-corrected chi connectivity index (χ0v) is 14.3. The molecule has 0 heterocycles. The molecule has 0 saturated heterocycles. The zero-order chi connectivity index (χ0) is 12.3. The Hall–Kier alpha value is -0.867. The predicted molar refractivity (Wildman–Crippen MR) is 56.8 cm³/mol. The summed E-state index contributed by atoms with van der Waals surface area (Å²) < 4.78 is 42.6. The molecule has 1 radical (unpaired) electrons. The van der Waals surface area contributed by atoms with Crippen molar-refractivity contribution < 1.29 is 54.4 Å². The number of halogens is 4. The molecule has 19 heavy (non-hydrogen) atoms. The Morgan fingerprint density at radius 2 is 1.74 bits per heavy atom. The summed E-state index contributed by atoms with van der Waals surface area (Å²) in [5, 5.41) is 0. The van der Waals surface area contributed by atoms with Crippen molar-refractivity contribution in [3.63, 3.8) is 0 Å². The maximum Gasteiger partial charge on any atom is 0.416 e. The van der Waals surface area contributed by atoms with E-state index in [1.165, 1.54) is 12.1 Å². The van der Waals surface area contributed by atoms with Gasteiger partial charge in [-0.1, -0.05) is 24.3 Å². The Morgan fingerprint density at radius 1 is 1.00 bits per heavy atom. The van der Waals surface area contributed by atoms with Crippen molar-refractivity contribution in [2.45, 2.75) is 6.18 Å². The summed E-state index contributed by atoms with van der Waals surface area (Å²) in [6.07, 6.45) is -4.36. The van der Waals surface area contributed by atoms with Crippen molar-refractivity contribution in [2.75, 3.05) is 0 Å². The second-order valence-electron chi connectivity index (χ2n) is 3.35. The van der Waals surface area contributed by atoms with Gasteiger partial charge in [0.1, 0.15) is 11.5 Å². The molecule has 0 atom stereocenters. The van der Waals surface area contributed by atoms with E-state index in [1.807, 2.05) is 0 Å². The first-order valence-corrected chi connectivity index (χ1v) is 4.87. The Kier molecular flexibility index (Phi) is 7.31. The van der Waals surface area contributed by atoms with Crippen LogP contribution in [0.3, 0.4) is 0 Å². The molecule has 97 valence electrons.